The molecule has 66 valence electrons. The van der Waals surface area contributed by atoms with E-state index in [-0.39, 0.29) is 11.9 Å². The summed E-state index contributed by atoms with van der Waals surface area (Å²) in [6, 6.07) is 0. The summed E-state index contributed by atoms with van der Waals surface area (Å²) < 4.78 is 5.26. The van der Waals surface area contributed by atoms with E-state index in [2.05, 4.69) is 13.8 Å². The van der Waals surface area contributed by atoms with Crippen molar-refractivity contribution >= 4 is 5.84 Å². The summed E-state index contributed by atoms with van der Waals surface area (Å²) in [5, 5.41) is 7.04. The highest BCUT2D eigenvalue weighted by atomic mass is 16.5. The van der Waals surface area contributed by atoms with Crippen molar-refractivity contribution in [1.29, 1.82) is 5.41 Å². The molecule has 0 fully saturated rings. The number of hydrogen-bond acceptors (Lipinski definition) is 2. The molecule has 0 aromatic rings. The minimum absolute atomic E-state index is 0.105. The number of amidine groups is 1. The van der Waals surface area contributed by atoms with E-state index >= 15 is 0 Å². The largest absolute Gasteiger partial charge is 0.385 e. The van der Waals surface area contributed by atoms with Crippen molar-refractivity contribution in [3.8, 4) is 0 Å². The molecule has 11 heavy (non-hydrogen) atoms. The fourth-order valence-corrected chi connectivity index (χ4v) is 0.570. The first-order valence-corrected chi connectivity index (χ1v) is 3.99. The zero-order valence-corrected chi connectivity index (χ0v) is 7.55. The lowest BCUT2D eigenvalue weighted by molar-refractivity contribution is 0.0989. The molecule has 1 unspecified atom stereocenters. The van der Waals surface area contributed by atoms with Gasteiger partial charge in [-0.15, -0.1) is 0 Å². The van der Waals surface area contributed by atoms with Crippen LogP contribution in [0.3, 0.4) is 0 Å². The molecule has 1 atom stereocenters. The number of ether oxygens (including phenoxy) is 1. The standard InChI is InChI=1S/C8H18N2O/c1-6(2)4-5-11-7(3)8(9)10/h6-7H,4-5H2,1-3H3,(H3,9,10). The van der Waals surface area contributed by atoms with Gasteiger partial charge in [-0.2, -0.15) is 0 Å². The van der Waals surface area contributed by atoms with Gasteiger partial charge in [-0.25, -0.2) is 0 Å². The first-order chi connectivity index (χ1) is 5.04. The molecule has 3 heteroatoms. The van der Waals surface area contributed by atoms with Crippen LogP contribution in [0.1, 0.15) is 27.2 Å². The van der Waals surface area contributed by atoms with E-state index < -0.39 is 0 Å². The van der Waals surface area contributed by atoms with E-state index in [1.165, 1.54) is 0 Å². The zero-order chi connectivity index (χ0) is 8.85. The molecule has 3 nitrogen and oxygen atoms in total. The number of hydrogen-bond donors (Lipinski definition) is 2. The van der Waals surface area contributed by atoms with Crippen LogP contribution in [0.4, 0.5) is 0 Å². The fraction of sp³-hybridized carbons (Fsp3) is 0.875. The molecule has 0 amide bonds. The van der Waals surface area contributed by atoms with Crippen molar-refractivity contribution in [1.82, 2.24) is 0 Å². The third-order valence-electron chi connectivity index (χ3n) is 1.50. The zero-order valence-electron chi connectivity index (χ0n) is 7.55. The predicted molar refractivity (Wildman–Crippen MR) is 46.8 cm³/mol. The molecule has 0 spiro atoms. The molecule has 0 aliphatic heterocycles. The highest BCUT2D eigenvalue weighted by Crippen LogP contribution is 2.00. The van der Waals surface area contributed by atoms with Crippen LogP contribution < -0.4 is 5.73 Å². The maximum absolute atomic E-state index is 7.04. The normalized spacial score (nSPS) is 13.5. The minimum atomic E-state index is -0.228. The van der Waals surface area contributed by atoms with E-state index in [0.29, 0.717) is 12.5 Å². The lowest BCUT2D eigenvalue weighted by atomic mass is 10.1. The highest BCUT2D eigenvalue weighted by molar-refractivity contribution is 5.81. The molecule has 0 radical (unpaired) electrons. The van der Waals surface area contributed by atoms with E-state index in [4.69, 9.17) is 15.9 Å². The average molecular weight is 158 g/mol. The average Bonchev–Trinajstić information content (AvgIpc) is 1.86. The summed E-state index contributed by atoms with van der Waals surface area (Å²) in [4.78, 5) is 0. The van der Waals surface area contributed by atoms with E-state index in [1.54, 1.807) is 6.92 Å². The summed E-state index contributed by atoms with van der Waals surface area (Å²) in [5.41, 5.74) is 5.21. The van der Waals surface area contributed by atoms with Crippen LogP contribution >= 0.6 is 0 Å². The Morgan fingerprint density at radius 2 is 2.00 bits per heavy atom. The third-order valence-corrected chi connectivity index (χ3v) is 1.50. The maximum Gasteiger partial charge on any atom is 0.120 e. The molecule has 0 aromatic heterocycles. The molecular weight excluding hydrogens is 140 g/mol. The third kappa shape index (κ3) is 5.85. The second-order valence-electron chi connectivity index (χ2n) is 3.15. The van der Waals surface area contributed by atoms with Crippen molar-refractivity contribution in [3.63, 3.8) is 0 Å². The topological polar surface area (TPSA) is 59.1 Å². The molecular formula is C8H18N2O. The van der Waals surface area contributed by atoms with Gasteiger partial charge in [0, 0.05) is 6.61 Å². The molecule has 0 saturated heterocycles. The Morgan fingerprint density at radius 3 is 2.36 bits per heavy atom. The Hall–Kier alpha value is -0.570. The SMILES string of the molecule is CC(C)CCOC(C)C(=N)N. The number of nitrogens with one attached hydrogen (secondary N) is 1. The molecule has 0 saturated carbocycles. The molecule has 0 aromatic carbocycles. The van der Waals surface area contributed by atoms with Crippen molar-refractivity contribution < 1.29 is 4.74 Å². The van der Waals surface area contributed by atoms with Gasteiger partial charge in [0.05, 0.1) is 0 Å². The summed E-state index contributed by atoms with van der Waals surface area (Å²) in [5.74, 6) is 0.753. The molecule has 0 bridgehead atoms. The minimum Gasteiger partial charge on any atom is -0.385 e. The van der Waals surface area contributed by atoms with Gasteiger partial charge in [0.25, 0.3) is 0 Å². The molecule has 0 aliphatic rings. The maximum atomic E-state index is 7.04. The van der Waals surface area contributed by atoms with Crippen LogP contribution in [-0.4, -0.2) is 18.5 Å². The van der Waals surface area contributed by atoms with Crippen molar-refractivity contribution in [3.05, 3.63) is 0 Å². The first-order valence-electron chi connectivity index (χ1n) is 3.99. The van der Waals surface area contributed by atoms with Crippen LogP contribution in [0.25, 0.3) is 0 Å². The Balaban J connectivity index is 3.31. The van der Waals surface area contributed by atoms with Crippen LogP contribution in [0.2, 0.25) is 0 Å². The Labute approximate surface area is 68.4 Å². The van der Waals surface area contributed by atoms with Gasteiger partial charge >= 0.3 is 0 Å². The fourth-order valence-electron chi connectivity index (χ4n) is 0.570. The van der Waals surface area contributed by atoms with Crippen molar-refractivity contribution in [2.45, 2.75) is 33.3 Å². The molecule has 0 rings (SSSR count). The summed E-state index contributed by atoms with van der Waals surface area (Å²) in [6.45, 7) is 6.77. The van der Waals surface area contributed by atoms with Gasteiger partial charge in [-0.05, 0) is 19.3 Å². The highest BCUT2D eigenvalue weighted by Gasteiger charge is 2.04. The van der Waals surface area contributed by atoms with Gasteiger partial charge in [0.1, 0.15) is 11.9 Å². The Bertz CT molecular complexity index is 123. The second-order valence-corrected chi connectivity index (χ2v) is 3.15. The van der Waals surface area contributed by atoms with Crippen molar-refractivity contribution in [2.24, 2.45) is 11.7 Å². The molecule has 3 N–H and O–H groups in total. The summed E-state index contributed by atoms with van der Waals surface area (Å²) in [6.07, 6.45) is 0.797. The van der Waals surface area contributed by atoms with Gasteiger partial charge in [0.15, 0.2) is 0 Å². The van der Waals surface area contributed by atoms with Gasteiger partial charge in [-0.1, -0.05) is 13.8 Å². The predicted octanol–water partition coefficient (Wildman–Crippen LogP) is 1.37. The summed E-state index contributed by atoms with van der Waals surface area (Å²) >= 11 is 0. The Morgan fingerprint density at radius 1 is 1.45 bits per heavy atom. The van der Waals surface area contributed by atoms with Crippen LogP contribution in [0, 0.1) is 11.3 Å². The lowest BCUT2D eigenvalue weighted by Gasteiger charge is -2.11. The van der Waals surface area contributed by atoms with E-state index in [1.807, 2.05) is 0 Å². The number of nitrogens with two attached hydrogens (primary N) is 1. The van der Waals surface area contributed by atoms with Gasteiger partial charge < -0.3 is 10.5 Å². The van der Waals surface area contributed by atoms with Crippen LogP contribution in [0.15, 0.2) is 0 Å². The first kappa shape index (κ1) is 10.4. The number of rotatable bonds is 5. The van der Waals surface area contributed by atoms with E-state index in [9.17, 15) is 0 Å². The molecule has 0 aliphatic carbocycles. The quantitative estimate of drug-likeness (QED) is 0.469. The monoisotopic (exact) mass is 158 g/mol. The smallest absolute Gasteiger partial charge is 0.120 e. The van der Waals surface area contributed by atoms with E-state index in [0.717, 1.165) is 6.42 Å². The summed E-state index contributed by atoms with van der Waals surface area (Å²) in [7, 11) is 0. The van der Waals surface area contributed by atoms with Crippen LogP contribution in [-0.2, 0) is 4.74 Å². The van der Waals surface area contributed by atoms with Gasteiger partial charge in [-0.3, -0.25) is 5.41 Å². The van der Waals surface area contributed by atoms with Crippen LogP contribution in [0.5, 0.6) is 0 Å². The second kappa shape index (κ2) is 5.13. The van der Waals surface area contributed by atoms with Crippen molar-refractivity contribution in [2.75, 3.05) is 6.61 Å². The molecule has 0 heterocycles. The Kier molecular flexibility index (Phi) is 4.86. The van der Waals surface area contributed by atoms with Gasteiger partial charge in [0.2, 0.25) is 0 Å². The lowest BCUT2D eigenvalue weighted by Crippen LogP contribution is -2.28.